The van der Waals surface area contributed by atoms with Crippen molar-refractivity contribution < 1.29 is 27.5 Å². The van der Waals surface area contributed by atoms with Crippen molar-refractivity contribution in [2.75, 3.05) is 39.2 Å². The number of amides is 2. The summed E-state index contributed by atoms with van der Waals surface area (Å²) in [6.45, 7) is 5.17. The van der Waals surface area contributed by atoms with Gasteiger partial charge in [-0.15, -0.1) is 0 Å². The Morgan fingerprint density at radius 2 is 1.61 bits per heavy atom. The molecule has 1 heterocycles. The Kier molecular flexibility index (Phi) is 9.67. The highest BCUT2D eigenvalue weighted by Gasteiger charge is 2.29. The summed E-state index contributed by atoms with van der Waals surface area (Å²) in [6.07, 6.45) is 2.19. The molecule has 41 heavy (non-hydrogen) atoms. The molecular weight excluding hydrogens is 542 g/mol. The van der Waals surface area contributed by atoms with Crippen LogP contribution in [0, 0.1) is 12.8 Å². The van der Waals surface area contributed by atoms with Gasteiger partial charge in [0.2, 0.25) is 10.0 Å². The fraction of sp³-hybridized carbons (Fsp3) is 0.355. The van der Waals surface area contributed by atoms with Gasteiger partial charge < -0.3 is 20.1 Å². The maximum atomic E-state index is 13.3. The van der Waals surface area contributed by atoms with Gasteiger partial charge in [-0.3, -0.25) is 9.59 Å². The van der Waals surface area contributed by atoms with Crippen LogP contribution in [0.15, 0.2) is 65.6 Å². The average Bonchev–Trinajstić information content (AvgIpc) is 2.97. The third kappa shape index (κ3) is 7.07. The van der Waals surface area contributed by atoms with Crippen LogP contribution in [0.4, 0.5) is 5.69 Å². The van der Waals surface area contributed by atoms with Crippen LogP contribution in [-0.4, -0.2) is 58.4 Å². The van der Waals surface area contributed by atoms with Gasteiger partial charge in [-0.2, -0.15) is 4.31 Å². The third-order valence-corrected chi connectivity index (χ3v) is 9.30. The Labute approximate surface area is 241 Å². The average molecular weight is 580 g/mol. The zero-order valence-corrected chi connectivity index (χ0v) is 24.7. The lowest BCUT2D eigenvalue weighted by Gasteiger charge is -2.29. The number of piperidine rings is 1. The van der Waals surface area contributed by atoms with Crippen LogP contribution in [0.3, 0.4) is 0 Å². The fourth-order valence-electron chi connectivity index (χ4n) is 4.81. The van der Waals surface area contributed by atoms with Gasteiger partial charge in [0, 0.05) is 25.2 Å². The number of aryl methyl sites for hydroxylation is 1. The number of nitrogens with zero attached hydrogens (tertiary/aromatic N) is 1. The zero-order valence-electron chi connectivity index (χ0n) is 23.9. The van der Waals surface area contributed by atoms with E-state index in [0.717, 1.165) is 18.4 Å². The van der Waals surface area contributed by atoms with Gasteiger partial charge in [0.15, 0.2) is 11.5 Å². The van der Waals surface area contributed by atoms with Gasteiger partial charge in [-0.1, -0.05) is 31.2 Å². The lowest BCUT2D eigenvalue weighted by Crippen LogP contribution is -2.38. The van der Waals surface area contributed by atoms with Crippen molar-refractivity contribution in [1.29, 1.82) is 0 Å². The second kappa shape index (κ2) is 13.2. The number of hydrogen-bond donors (Lipinski definition) is 2. The third-order valence-electron chi connectivity index (χ3n) is 7.40. The van der Waals surface area contributed by atoms with E-state index in [1.165, 1.54) is 10.4 Å². The van der Waals surface area contributed by atoms with Gasteiger partial charge >= 0.3 is 0 Å². The number of hydrogen-bond acceptors (Lipinski definition) is 6. The molecule has 3 aromatic carbocycles. The predicted molar refractivity (Wildman–Crippen MR) is 158 cm³/mol. The van der Waals surface area contributed by atoms with Gasteiger partial charge in [-0.05, 0) is 79.6 Å². The van der Waals surface area contributed by atoms with E-state index < -0.39 is 15.9 Å². The molecule has 0 spiro atoms. The van der Waals surface area contributed by atoms with Crippen LogP contribution < -0.4 is 20.1 Å². The minimum Gasteiger partial charge on any atom is -0.493 e. The van der Waals surface area contributed by atoms with Crippen LogP contribution >= 0.6 is 0 Å². The molecule has 218 valence electrons. The number of ether oxygens (including phenoxy) is 2. The zero-order chi connectivity index (χ0) is 29.6. The quantitative estimate of drug-likeness (QED) is 0.361. The molecule has 2 N–H and O–H groups in total. The number of carbonyl (C=O) groups excluding carboxylic acids is 2. The molecular formula is C31H37N3O6S. The summed E-state index contributed by atoms with van der Waals surface area (Å²) >= 11 is 0. The van der Waals surface area contributed by atoms with Crippen LogP contribution in [0.1, 0.15) is 51.6 Å². The Bertz CT molecular complexity index is 1510. The van der Waals surface area contributed by atoms with Gasteiger partial charge in [0.1, 0.15) is 0 Å². The first-order chi connectivity index (χ1) is 19.6. The molecule has 1 aliphatic rings. The summed E-state index contributed by atoms with van der Waals surface area (Å²) in [6, 6.07) is 16.9. The smallest absolute Gasteiger partial charge is 0.255 e. The summed E-state index contributed by atoms with van der Waals surface area (Å²) < 4.78 is 38.7. The summed E-state index contributed by atoms with van der Waals surface area (Å²) in [4.78, 5) is 26.5. The van der Waals surface area contributed by atoms with Crippen LogP contribution in [0.5, 0.6) is 11.5 Å². The molecule has 4 rings (SSSR count). The molecule has 0 aliphatic carbocycles. The highest BCUT2D eigenvalue weighted by atomic mass is 32.2. The lowest BCUT2D eigenvalue weighted by molar-refractivity contribution is 0.0955. The molecule has 3 aromatic rings. The van der Waals surface area contributed by atoms with E-state index in [1.807, 2.05) is 18.2 Å². The highest BCUT2D eigenvalue weighted by molar-refractivity contribution is 7.89. The van der Waals surface area contributed by atoms with Crippen molar-refractivity contribution >= 4 is 27.5 Å². The van der Waals surface area contributed by atoms with E-state index in [1.54, 1.807) is 57.5 Å². The maximum Gasteiger partial charge on any atom is 0.255 e. The number of carbonyl (C=O) groups is 2. The van der Waals surface area contributed by atoms with Crippen LogP contribution in [0.25, 0.3) is 0 Å². The number of nitrogens with one attached hydrogen (secondary N) is 2. The van der Waals surface area contributed by atoms with Gasteiger partial charge in [-0.25, -0.2) is 8.42 Å². The van der Waals surface area contributed by atoms with E-state index in [9.17, 15) is 18.0 Å². The summed E-state index contributed by atoms with van der Waals surface area (Å²) in [7, 11) is -0.577. The number of anilines is 1. The molecule has 2 amide bonds. The monoisotopic (exact) mass is 579 g/mol. The number of methoxy groups -OCH3 is 2. The molecule has 0 aromatic heterocycles. The van der Waals surface area contributed by atoms with Crippen molar-refractivity contribution in [2.24, 2.45) is 5.92 Å². The second-order valence-corrected chi connectivity index (χ2v) is 12.2. The highest BCUT2D eigenvalue weighted by Crippen LogP contribution is 2.28. The van der Waals surface area contributed by atoms with E-state index in [4.69, 9.17) is 9.47 Å². The molecule has 0 saturated carbocycles. The second-order valence-electron chi connectivity index (χ2n) is 10.3. The van der Waals surface area contributed by atoms with Gasteiger partial charge in [0.05, 0.1) is 30.4 Å². The first-order valence-electron chi connectivity index (χ1n) is 13.6. The Morgan fingerprint density at radius 3 is 2.32 bits per heavy atom. The Morgan fingerprint density at radius 1 is 0.902 bits per heavy atom. The fourth-order valence-corrected chi connectivity index (χ4v) is 6.31. The first kappa shape index (κ1) is 30.1. The summed E-state index contributed by atoms with van der Waals surface area (Å²) in [5, 5.41) is 5.71. The topological polar surface area (TPSA) is 114 Å². The molecule has 10 heteroatoms. The minimum absolute atomic E-state index is 0.0870. The predicted octanol–water partition coefficient (Wildman–Crippen LogP) is 4.66. The van der Waals surface area contributed by atoms with Crippen molar-refractivity contribution in [3.63, 3.8) is 0 Å². The first-order valence-corrected chi connectivity index (χ1v) is 15.1. The number of sulfonamides is 1. The van der Waals surface area contributed by atoms with E-state index in [-0.39, 0.29) is 16.4 Å². The molecule has 0 unspecified atom stereocenters. The number of rotatable bonds is 10. The number of para-hydroxylation sites is 1. The Hall–Kier alpha value is -3.89. The van der Waals surface area contributed by atoms with E-state index in [0.29, 0.717) is 60.3 Å². The molecule has 0 bridgehead atoms. The minimum atomic E-state index is -3.72. The molecule has 1 fully saturated rings. The van der Waals surface area contributed by atoms with E-state index in [2.05, 4.69) is 17.6 Å². The van der Waals surface area contributed by atoms with Crippen LogP contribution in [-0.2, 0) is 16.4 Å². The normalized spacial score (nSPS) is 14.3. The maximum absolute atomic E-state index is 13.3. The summed E-state index contributed by atoms with van der Waals surface area (Å²) in [5.74, 6) is 0.904. The van der Waals surface area contributed by atoms with E-state index >= 15 is 0 Å². The Balaban J connectivity index is 1.45. The number of benzene rings is 3. The molecule has 0 radical (unpaired) electrons. The molecule has 1 aliphatic heterocycles. The summed E-state index contributed by atoms with van der Waals surface area (Å²) in [5.41, 5.74) is 2.47. The standard InChI is InChI=1S/C31H37N3O6S/c1-21-14-17-34(18-15-21)41(37,38)24-11-9-22(2)26(20-24)31(36)33-27-8-6-5-7-25(27)30(35)32-16-13-23-10-12-28(39-3)29(19-23)40-4/h5-12,19-21H,13-18H2,1-4H3,(H,32,35)(H,33,36). The lowest BCUT2D eigenvalue weighted by atomic mass is 10.0. The molecule has 9 nitrogen and oxygen atoms in total. The van der Waals surface area contributed by atoms with Crippen LogP contribution in [0.2, 0.25) is 0 Å². The SMILES string of the molecule is COc1ccc(CCNC(=O)c2ccccc2NC(=O)c2cc(S(=O)(=O)N3CCC(C)CC3)ccc2C)cc1OC. The van der Waals surface area contributed by atoms with Crippen molar-refractivity contribution in [2.45, 2.75) is 38.0 Å². The van der Waals surface area contributed by atoms with Crippen molar-refractivity contribution in [1.82, 2.24) is 9.62 Å². The largest absolute Gasteiger partial charge is 0.493 e. The van der Waals surface area contributed by atoms with Crippen molar-refractivity contribution in [3.8, 4) is 11.5 Å². The molecule has 0 atom stereocenters. The van der Waals surface area contributed by atoms with Gasteiger partial charge in [0.25, 0.3) is 11.8 Å². The van der Waals surface area contributed by atoms with Crippen molar-refractivity contribution in [3.05, 3.63) is 82.9 Å². The molecule has 1 saturated heterocycles.